The van der Waals surface area contributed by atoms with Crippen LogP contribution in [0.3, 0.4) is 0 Å². The quantitative estimate of drug-likeness (QED) is 0.520. The number of hydrogen-bond donors (Lipinski definition) is 0. The van der Waals surface area contributed by atoms with E-state index < -0.39 is 20.3 Å². The van der Waals surface area contributed by atoms with Gasteiger partial charge in [-0.25, -0.2) is 0 Å². The van der Waals surface area contributed by atoms with Crippen LogP contribution in [0.5, 0.6) is 0 Å². The van der Waals surface area contributed by atoms with Crippen molar-refractivity contribution in [2.75, 3.05) is 0 Å². The van der Waals surface area contributed by atoms with Gasteiger partial charge in [0.25, 0.3) is 0 Å². The minimum Gasteiger partial charge on any atom is -1.00 e. The van der Waals surface area contributed by atoms with Gasteiger partial charge in [-0.3, -0.25) is 0 Å². The summed E-state index contributed by atoms with van der Waals surface area (Å²) in [6, 6.07) is 9.78. The minimum absolute atomic E-state index is 0. The molecule has 2 aromatic rings. The molecule has 0 spiro atoms. The monoisotopic (exact) mass is 446 g/mol. The predicted molar refractivity (Wildman–Crippen MR) is 96.7 cm³/mol. The number of aryl methyl sites for hydroxylation is 2. The van der Waals surface area contributed by atoms with Crippen LogP contribution >= 0.6 is 0 Å². The van der Waals surface area contributed by atoms with E-state index in [1.807, 2.05) is 0 Å². The Balaban J connectivity index is 0.000000911. The molecule has 0 nitrogen and oxygen atoms in total. The van der Waals surface area contributed by atoms with Crippen LogP contribution in [0, 0.1) is 13.8 Å². The van der Waals surface area contributed by atoms with E-state index in [0.29, 0.717) is 0 Å². The number of fused-ring (bicyclic) bond motifs is 2. The van der Waals surface area contributed by atoms with Gasteiger partial charge in [0.05, 0.1) is 0 Å². The van der Waals surface area contributed by atoms with Crippen LogP contribution in [-0.4, -0.2) is 0 Å². The summed E-state index contributed by atoms with van der Waals surface area (Å²) in [5.41, 5.74) is 9.37. The molecule has 0 bridgehead atoms. The first kappa shape index (κ1) is 19.2. The topological polar surface area (TPSA) is 0 Å². The van der Waals surface area contributed by atoms with E-state index in [2.05, 4.69) is 62.4 Å². The van der Waals surface area contributed by atoms with E-state index in [9.17, 15) is 0 Å². The van der Waals surface area contributed by atoms with E-state index in [1.165, 1.54) is 19.4 Å². The Labute approximate surface area is 167 Å². The zero-order valence-electron chi connectivity index (χ0n) is 14.7. The molecule has 5 rings (SSSR count). The summed E-state index contributed by atoms with van der Waals surface area (Å²) in [5.74, 6) is 0. The molecule has 0 radical (unpaired) electrons. The molecule has 2 aromatic carbocycles. The summed E-state index contributed by atoms with van der Waals surface area (Å²) in [5, 5.41) is 0. The standard InChI is InChI=1S/2C10H9.C2H4.2ClH.Zr/c2*1-8-4-2-5-9-6-3-7-10(8)9;1-2;;;/h2*2-4,6H,7H2,1H3;1-2H2;2*1H;/q;;;;;+2/p-2. The second-order valence-corrected chi connectivity index (χ2v) is 17.9. The number of allylic oxidation sites excluding steroid dienone is 2. The zero-order valence-corrected chi connectivity index (χ0v) is 18.7. The normalized spacial score (nSPS) is 16.2. The van der Waals surface area contributed by atoms with Gasteiger partial charge in [0, 0.05) is 0 Å². The third kappa shape index (κ3) is 2.75. The summed E-state index contributed by atoms with van der Waals surface area (Å²) in [6.07, 6.45) is 11.8. The van der Waals surface area contributed by atoms with Crippen LogP contribution in [0.1, 0.15) is 33.4 Å². The second-order valence-electron chi connectivity index (χ2n) is 7.44. The van der Waals surface area contributed by atoms with Crippen LogP contribution < -0.4 is 31.4 Å². The van der Waals surface area contributed by atoms with Crippen molar-refractivity contribution in [2.24, 2.45) is 0 Å². The summed E-state index contributed by atoms with van der Waals surface area (Å²) >= 11 is -2.35. The van der Waals surface area contributed by atoms with Gasteiger partial charge < -0.3 is 24.8 Å². The fraction of sp³-hybridized carbons (Fsp3) is 0.273. The van der Waals surface area contributed by atoms with Crippen molar-refractivity contribution in [3.8, 4) is 0 Å². The molecule has 0 aromatic heterocycles. The molecule has 1 aliphatic heterocycles. The number of halogens is 2. The van der Waals surface area contributed by atoms with Crippen LogP contribution in [-0.2, 0) is 33.1 Å². The fourth-order valence-electron chi connectivity index (χ4n) is 4.70. The fourth-order valence-corrected chi connectivity index (χ4v) is 18.0. The van der Waals surface area contributed by atoms with Gasteiger partial charge in [-0.15, -0.1) is 0 Å². The Bertz CT molecular complexity index is 833. The van der Waals surface area contributed by atoms with Gasteiger partial charge in [0.15, 0.2) is 0 Å². The summed E-state index contributed by atoms with van der Waals surface area (Å²) in [4.78, 5) is 0. The van der Waals surface area contributed by atoms with Crippen molar-refractivity contribution in [2.45, 2.75) is 34.9 Å². The van der Waals surface area contributed by atoms with E-state index >= 15 is 0 Å². The zero-order chi connectivity index (χ0) is 15.6. The van der Waals surface area contributed by atoms with Crippen molar-refractivity contribution in [3.05, 3.63) is 69.8 Å². The first-order valence-corrected chi connectivity index (χ1v) is 14.7. The van der Waals surface area contributed by atoms with Crippen molar-refractivity contribution in [3.63, 3.8) is 0 Å². The molecule has 128 valence electrons. The number of benzene rings is 2. The summed E-state index contributed by atoms with van der Waals surface area (Å²) < 4.78 is 6.56. The average molecular weight is 449 g/mol. The van der Waals surface area contributed by atoms with Crippen LogP contribution in [0.4, 0.5) is 0 Å². The number of hydrogen-bond acceptors (Lipinski definition) is 0. The third-order valence-electron chi connectivity index (χ3n) is 6.18. The van der Waals surface area contributed by atoms with Gasteiger partial charge in [-0.05, 0) is 0 Å². The first-order chi connectivity index (χ1) is 11.2. The molecular formula is C22H22Cl2Zr. The summed E-state index contributed by atoms with van der Waals surface area (Å²) in [7, 11) is 0. The second kappa shape index (κ2) is 6.84. The van der Waals surface area contributed by atoms with Crippen molar-refractivity contribution >= 4 is 18.7 Å². The average Bonchev–Trinajstić information content (AvgIpc) is 3.00. The molecule has 0 amide bonds. The Kier molecular flexibility index (Phi) is 5.24. The molecule has 0 N–H and O–H groups in total. The molecule has 0 atom stereocenters. The minimum atomic E-state index is -2.35. The van der Waals surface area contributed by atoms with Gasteiger partial charge in [-0.2, -0.15) is 0 Å². The Hall–Kier alpha value is -0.617. The maximum atomic E-state index is 2.50. The number of rotatable bonds is 2. The Morgan fingerprint density at radius 3 is 1.52 bits per heavy atom. The van der Waals surface area contributed by atoms with E-state index in [4.69, 9.17) is 0 Å². The third-order valence-corrected chi connectivity index (χ3v) is 17.1. The van der Waals surface area contributed by atoms with Gasteiger partial charge in [0.1, 0.15) is 0 Å². The molecule has 0 unspecified atom stereocenters. The molecule has 2 aliphatic carbocycles. The van der Waals surface area contributed by atoms with Gasteiger partial charge >= 0.3 is 144 Å². The molecular weight excluding hydrogens is 426 g/mol. The smallest absolute Gasteiger partial charge is 1.00 e. The van der Waals surface area contributed by atoms with Gasteiger partial charge in [0.2, 0.25) is 0 Å². The molecule has 1 heterocycles. The predicted octanol–water partition coefficient (Wildman–Crippen LogP) is -1.60. The van der Waals surface area contributed by atoms with Crippen LogP contribution in [0.25, 0.3) is 12.2 Å². The molecule has 3 heteroatoms. The van der Waals surface area contributed by atoms with E-state index in [1.54, 1.807) is 28.8 Å². The Morgan fingerprint density at radius 1 is 0.680 bits per heavy atom. The largest absolute Gasteiger partial charge is 1.00 e. The van der Waals surface area contributed by atoms with Crippen molar-refractivity contribution in [1.29, 1.82) is 0 Å². The SMILES string of the molecule is Cc1cc[c]([Zr+2]2([c]3ccc(C)c4c3C=CC4)[CH2][CH2]2)c2c1CC=C2.[Cl-].[Cl-]. The van der Waals surface area contributed by atoms with E-state index in [0.717, 1.165) is 12.8 Å². The van der Waals surface area contributed by atoms with Crippen LogP contribution in [0.15, 0.2) is 36.4 Å². The van der Waals surface area contributed by atoms with Crippen molar-refractivity contribution in [1.82, 2.24) is 0 Å². The Morgan fingerprint density at radius 2 is 1.12 bits per heavy atom. The molecule has 1 fully saturated rings. The molecule has 0 saturated carbocycles. The van der Waals surface area contributed by atoms with Crippen LogP contribution in [0.2, 0.25) is 8.26 Å². The first-order valence-electron chi connectivity index (χ1n) is 8.80. The van der Waals surface area contributed by atoms with Gasteiger partial charge in [-0.1, -0.05) is 0 Å². The van der Waals surface area contributed by atoms with Crippen molar-refractivity contribution < 1.29 is 45.1 Å². The molecule has 1 saturated heterocycles. The maximum Gasteiger partial charge on any atom is -1.00 e. The van der Waals surface area contributed by atoms with E-state index in [-0.39, 0.29) is 24.8 Å². The maximum absolute atomic E-state index is 2.50. The molecule has 25 heavy (non-hydrogen) atoms. The summed E-state index contributed by atoms with van der Waals surface area (Å²) in [6.45, 7) is 4.55. The molecule has 3 aliphatic rings.